The number of carbonyl (C=O) groups excluding carboxylic acids is 1. The minimum absolute atomic E-state index is 0.0857. The van der Waals surface area contributed by atoms with Gasteiger partial charge in [0.25, 0.3) is 0 Å². The summed E-state index contributed by atoms with van der Waals surface area (Å²) in [5, 5.41) is 6.17. The quantitative estimate of drug-likeness (QED) is 0.612. The Bertz CT molecular complexity index is 195. The third-order valence-electron chi connectivity index (χ3n) is 2.60. The van der Waals surface area contributed by atoms with E-state index >= 15 is 0 Å². The van der Waals surface area contributed by atoms with Crippen LogP contribution in [0.5, 0.6) is 0 Å². The summed E-state index contributed by atoms with van der Waals surface area (Å²) in [6.07, 6.45) is 5.43. The second-order valence-corrected chi connectivity index (χ2v) is 5.65. The van der Waals surface area contributed by atoms with Crippen molar-refractivity contribution >= 4 is 17.7 Å². The van der Waals surface area contributed by atoms with E-state index in [2.05, 4.69) is 23.8 Å². The third kappa shape index (κ3) is 9.04. The molecule has 4 heteroatoms. The Morgan fingerprint density at radius 2 is 2.00 bits per heavy atom. The molecule has 0 aromatic heterocycles. The van der Waals surface area contributed by atoms with Crippen molar-refractivity contribution in [2.24, 2.45) is 0 Å². The van der Waals surface area contributed by atoms with Gasteiger partial charge < -0.3 is 10.6 Å². The highest BCUT2D eigenvalue weighted by Gasteiger charge is 2.16. The molecule has 0 aromatic carbocycles. The van der Waals surface area contributed by atoms with Crippen LogP contribution >= 0.6 is 11.8 Å². The average Bonchev–Trinajstić information content (AvgIpc) is 2.22. The maximum Gasteiger partial charge on any atom is 0.234 e. The van der Waals surface area contributed by atoms with Crippen LogP contribution in [0, 0.1) is 0 Å². The highest BCUT2D eigenvalue weighted by molar-refractivity contribution is 7.98. The summed E-state index contributed by atoms with van der Waals surface area (Å²) < 4.78 is 0. The minimum Gasteiger partial charge on any atom is -0.350 e. The molecule has 0 aliphatic heterocycles. The van der Waals surface area contributed by atoms with Crippen molar-refractivity contribution in [1.29, 1.82) is 0 Å². The number of nitrogens with one attached hydrogen (secondary N) is 2. The molecule has 0 atom stereocenters. The van der Waals surface area contributed by atoms with Crippen molar-refractivity contribution in [1.82, 2.24) is 10.6 Å². The number of hydrogen-bond donors (Lipinski definition) is 2. The van der Waals surface area contributed by atoms with Gasteiger partial charge >= 0.3 is 0 Å². The highest BCUT2D eigenvalue weighted by Crippen LogP contribution is 2.05. The highest BCUT2D eigenvalue weighted by atomic mass is 32.2. The topological polar surface area (TPSA) is 41.1 Å². The molecule has 0 radical (unpaired) electrons. The Hall–Kier alpha value is -0.220. The second kappa shape index (κ2) is 8.88. The first-order chi connectivity index (χ1) is 7.52. The van der Waals surface area contributed by atoms with Gasteiger partial charge in [-0.05, 0) is 51.7 Å². The van der Waals surface area contributed by atoms with E-state index in [0.29, 0.717) is 6.54 Å². The van der Waals surface area contributed by atoms with Crippen molar-refractivity contribution < 1.29 is 4.79 Å². The van der Waals surface area contributed by atoms with Gasteiger partial charge in [-0.15, -0.1) is 0 Å². The van der Waals surface area contributed by atoms with Crippen molar-refractivity contribution in [3.8, 4) is 0 Å². The molecule has 0 saturated heterocycles. The maximum atomic E-state index is 11.5. The number of hydrogen-bond acceptors (Lipinski definition) is 3. The van der Waals surface area contributed by atoms with Gasteiger partial charge in [-0.1, -0.05) is 6.92 Å². The predicted molar refractivity (Wildman–Crippen MR) is 73.0 cm³/mol. The van der Waals surface area contributed by atoms with Gasteiger partial charge in [-0.25, -0.2) is 0 Å². The molecular weight excluding hydrogens is 220 g/mol. The molecule has 0 aliphatic rings. The van der Waals surface area contributed by atoms with E-state index in [4.69, 9.17) is 0 Å². The van der Waals surface area contributed by atoms with Gasteiger partial charge in [0.1, 0.15) is 0 Å². The molecule has 0 spiro atoms. The molecular formula is C12H26N2OS. The van der Waals surface area contributed by atoms with Gasteiger partial charge in [-0.3, -0.25) is 4.79 Å². The van der Waals surface area contributed by atoms with E-state index in [9.17, 15) is 4.79 Å². The lowest BCUT2D eigenvalue weighted by molar-refractivity contribution is -0.121. The van der Waals surface area contributed by atoms with Crippen LogP contribution in [0.1, 0.15) is 40.0 Å². The SMILES string of the molecule is CCC(C)(C)NC(=O)CNCCCCSC. The molecule has 0 bridgehead atoms. The first kappa shape index (κ1) is 15.8. The Balaban J connectivity index is 3.44. The Kier molecular flexibility index (Phi) is 8.76. The van der Waals surface area contributed by atoms with E-state index in [0.717, 1.165) is 19.4 Å². The van der Waals surface area contributed by atoms with Crippen LogP contribution < -0.4 is 10.6 Å². The summed E-state index contributed by atoms with van der Waals surface area (Å²) in [6, 6.07) is 0. The Morgan fingerprint density at radius 1 is 1.31 bits per heavy atom. The molecule has 16 heavy (non-hydrogen) atoms. The number of carbonyl (C=O) groups is 1. The monoisotopic (exact) mass is 246 g/mol. The van der Waals surface area contributed by atoms with Crippen LogP contribution in [0.4, 0.5) is 0 Å². The molecule has 1 amide bonds. The van der Waals surface area contributed by atoms with E-state index < -0.39 is 0 Å². The average molecular weight is 246 g/mol. The fourth-order valence-corrected chi connectivity index (χ4v) is 1.70. The lowest BCUT2D eigenvalue weighted by atomic mass is 10.0. The van der Waals surface area contributed by atoms with Crippen LogP contribution in [0.3, 0.4) is 0 Å². The van der Waals surface area contributed by atoms with E-state index in [1.165, 1.54) is 12.2 Å². The van der Waals surface area contributed by atoms with Crippen LogP contribution in [-0.2, 0) is 4.79 Å². The molecule has 0 fully saturated rings. The summed E-state index contributed by atoms with van der Waals surface area (Å²) in [5.74, 6) is 1.30. The molecule has 0 aromatic rings. The van der Waals surface area contributed by atoms with Gasteiger partial charge in [-0.2, -0.15) is 11.8 Å². The summed E-state index contributed by atoms with van der Waals surface area (Å²) in [4.78, 5) is 11.5. The number of rotatable bonds is 9. The number of unbranched alkanes of at least 4 members (excludes halogenated alkanes) is 1. The van der Waals surface area contributed by atoms with Gasteiger partial charge in [0.2, 0.25) is 5.91 Å². The van der Waals surface area contributed by atoms with Crippen molar-refractivity contribution in [2.75, 3.05) is 25.1 Å². The number of amides is 1. The summed E-state index contributed by atoms with van der Waals surface area (Å²) in [7, 11) is 0. The zero-order valence-electron chi connectivity index (χ0n) is 11.1. The molecule has 2 N–H and O–H groups in total. The van der Waals surface area contributed by atoms with Crippen LogP contribution in [0.2, 0.25) is 0 Å². The summed E-state index contributed by atoms with van der Waals surface area (Å²) >= 11 is 1.87. The van der Waals surface area contributed by atoms with Crippen molar-refractivity contribution in [3.63, 3.8) is 0 Å². The fourth-order valence-electron chi connectivity index (χ4n) is 1.21. The molecule has 96 valence electrons. The fraction of sp³-hybridized carbons (Fsp3) is 0.917. The molecule has 0 heterocycles. The standard InChI is InChI=1S/C12H26N2OS/c1-5-12(2,3)14-11(15)10-13-8-6-7-9-16-4/h13H,5-10H2,1-4H3,(H,14,15). The molecule has 0 saturated carbocycles. The molecule has 0 aliphatic carbocycles. The Labute approximate surface area is 104 Å². The van der Waals surface area contributed by atoms with E-state index in [1.54, 1.807) is 0 Å². The summed E-state index contributed by atoms with van der Waals surface area (Å²) in [6.45, 7) is 7.53. The van der Waals surface area contributed by atoms with Gasteiger partial charge in [0.05, 0.1) is 6.54 Å². The smallest absolute Gasteiger partial charge is 0.234 e. The lowest BCUT2D eigenvalue weighted by Crippen LogP contribution is -2.46. The van der Waals surface area contributed by atoms with Crippen LogP contribution in [0.25, 0.3) is 0 Å². The van der Waals surface area contributed by atoms with Crippen molar-refractivity contribution in [3.05, 3.63) is 0 Å². The van der Waals surface area contributed by atoms with Crippen LogP contribution in [-0.4, -0.2) is 36.5 Å². The zero-order chi connectivity index (χ0) is 12.4. The number of thioether (sulfide) groups is 1. The molecule has 3 nitrogen and oxygen atoms in total. The molecule has 0 unspecified atom stereocenters. The largest absolute Gasteiger partial charge is 0.350 e. The first-order valence-corrected chi connectivity index (χ1v) is 7.42. The van der Waals surface area contributed by atoms with Gasteiger partial charge in [0.15, 0.2) is 0 Å². The van der Waals surface area contributed by atoms with Crippen molar-refractivity contribution in [2.45, 2.75) is 45.6 Å². The second-order valence-electron chi connectivity index (χ2n) is 4.66. The maximum absolute atomic E-state index is 11.5. The summed E-state index contributed by atoms with van der Waals surface area (Å²) in [5.41, 5.74) is -0.0857. The van der Waals surface area contributed by atoms with Gasteiger partial charge in [0, 0.05) is 5.54 Å². The first-order valence-electron chi connectivity index (χ1n) is 6.02. The predicted octanol–water partition coefficient (Wildman–Crippen LogP) is 2.02. The van der Waals surface area contributed by atoms with E-state index in [-0.39, 0.29) is 11.4 Å². The lowest BCUT2D eigenvalue weighted by Gasteiger charge is -2.24. The third-order valence-corrected chi connectivity index (χ3v) is 3.30. The normalized spacial score (nSPS) is 11.5. The van der Waals surface area contributed by atoms with Crippen LogP contribution in [0.15, 0.2) is 0 Å². The molecule has 0 rings (SSSR count). The Morgan fingerprint density at radius 3 is 2.56 bits per heavy atom. The zero-order valence-corrected chi connectivity index (χ0v) is 11.9. The van der Waals surface area contributed by atoms with E-state index in [1.807, 2.05) is 25.6 Å². The minimum atomic E-state index is -0.0857.